The SMILES string of the molecule is CC[C@H](C)NC(=O)[C@H](C)N(Cc1cccc(C)c1)C(=O)Cc1ccc(Cl)cc1. The number of aryl methyl sites for hydroxylation is 1. The predicted octanol–water partition coefficient (Wildman–Crippen LogP) is 4.52. The fraction of sp³-hybridized carbons (Fsp3) is 0.391. The van der Waals surface area contributed by atoms with E-state index in [4.69, 9.17) is 11.6 Å². The van der Waals surface area contributed by atoms with Gasteiger partial charge >= 0.3 is 0 Å². The summed E-state index contributed by atoms with van der Waals surface area (Å²) in [4.78, 5) is 27.4. The van der Waals surface area contributed by atoms with Gasteiger partial charge in [0.05, 0.1) is 6.42 Å². The van der Waals surface area contributed by atoms with Crippen LogP contribution >= 0.6 is 11.6 Å². The molecule has 0 bridgehead atoms. The summed E-state index contributed by atoms with van der Waals surface area (Å²) in [7, 11) is 0. The maximum absolute atomic E-state index is 13.1. The zero-order valence-corrected chi connectivity index (χ0v) is 17.8. The van der Waals surface area contributed by atoms with E-state index in [1.165, 1.54) is 0 Å². The van der Waals surface area contributed by atoms with Crippen molar-refractivity contribution in [1.29, 1.82) is 0 Å². The molecule has 2 rings (SSSR count). The van der Waals surface area contributed by atoms with E-state index >= 15 is 0 Å². The van der Waals surface area contributed by atoms with Crippen molar-refractivity contribution in [2.45, 2.75) is 59.2 Å². The molecule has 0 radical (unpaired) electrons. The van der Waals surface area contributed by atoms with E-state index < -0.39 is 6.04 Å². The Morgan fingerprint density at radius 3 is 2.36 bits per heavy atom. The van der Waals surface area contributed by atoms with Crippen molar-refractivity contribution in [2.75, 3.05) is 0 Å². The van der Waals surface area contributed by atoms with E-state index in [1.807, 2.05) is 57.2 Å². The molecule has 2 atom stereocenters. The molecule has 0 unspecified atom stereocenters. The van der Waals surface area contributed by atoms with Crippen molar-refractivity contribution in [1.82, 2.24) is 10.2 Å². The van der Waals surface area contributed by atoms with Gasteiger partial charge in [0.15, 0.2) is 0 Å². The first-order valence-corrected chi connectivity index (χ1v) is 10.1. The highest BCUT2D eigenvalue weighted by Crippen LogP contribution is 2.15. The average Bonchev–Trinajstić information content (AvgIpc) is 2.67. The van der Waals surface area contributed by atoms with Crippen LogP contribution in [0.5, 0.6) is 0 Å². The third-order valence-electron chi connectivity index (χ3n) is 4.87. The van der Waals surface area contributed by atoms with Crippen LogP contribution in [0.3, 0.4) is 0 Å². The van der Waals surface area contributed by atoms with Gasteiger partial charge < -0.3 is 10.2 Å². The second-order valence-electron chi connectivity index (χ2n) is 7.31. The molecule has 5 heteroatoms. The van der Waals surface area contributed by atoms with Gasteiger partial charge in [-0.3, -0.25) is 9.59 Å². The van der Waals surface area contributed by atoms with E-state index in [0.717, 1.165) is 23.1 Å². The third kappa shape index (κ3) is 6.38. The molecule has 150 valence electrons. The molecule has 0 aliphatic heterocycles. The van der Waals surface area contributed by atoms with Crippen molar-refractivity contribution in [3.8, 4) is 0 Å². The second kappa shape index (κ2) is 10.3. The first kappa shape index (κ1) is 22.0. The van der Waals surface area contributed by atoms with Crippen LogP contribution in [0.15, 0.2) is 48.5 Å². The Hall–Kier alpha value is -2.33. The molecule has 0 aromatic heterocycles. The molecular weight excluding hydrogens is 372 g/mol. The monoisotopic (exact) mass is 400 g/mol. The van der Waals surface area contributed by atoms with E-state index in [-0.39, 0.29) is 24.3 Å². The molecule has 2 aromatic rings. The topological polar surface area (TPSA) is 49.4 Å². The van der Waals surface area contributed by atoms with Crippen LogP contribution in [0.1, 0.15) is 43.9 Å². The van der Waals surface area contributed by atoms with Crippen LogP contribution in [0.4, 0.5) is 0 Å². The quantitative estimate of drug-likeness (QED) is 0.708. The van der Waals surface area contributed by atoms with Gasteiger partial charge in [0.2, 0.25) is 11.8 Å². The minimum Gasteiger partial charge on any atom is -0.352 e. The van der Waals surface area contributed by atoms with Gasteiger partial charge in [-0.1, -0.05) is 60.5 Å². The van der Waals surface area contributed by atoms with E-state index in [0.29, 0.717) is 11.6 Å². The Labute approximate surface area is 172 Å². The zero-order valence-electron chi connectivity index (χ0n) is 17.0. The van der Waals surface area contributed by atoms with Gasteiger partial charge in [0.1, 0.15) is 6.04 Å². The number of rotatable bonds is 8. The fourth-order valence-corrected chi connectivity index (χ4v) is 3.06. The molecule has 0 aliphatic rings. The van der Waals surface area contributed by atoms with Crippen LogP contribution in [0.2, 0.25) is 5.02 Å². The van der Waals surface area contributed by atoms with Crippen molar-refractivity contribution in [2.24, 2.45) is 0 Å². The number of halogens is 1. The summed E-state index contributed by atoms with van der Waals surface area (Å²) in [6, 6.07) is 14.7. The molecule has 0 heterocycles. The Bertz CT molecular complexity index is 805. The van der Waals surface area contributed by atoms with Gasteiger partial charge in [-0.25, -0.2) is 0 Å². The Balaban J connectivity index is 2.22. The number of hydrogen-bond acceptors (Lipinski definition) is 2. The molecule has 28 heavy (non-hydrogen) atoms. The molecule has 1 N–H and O–H groups in total. The molecule has 0 saturated carbocycles. The van der Waals surface area contributed by atoms with Crippen LogP contribution in [0, 0.1) is 6.92 Å². The van der Waals surface area contributed by atoms with Crippen LogP contribution in [-0.2, 0) is 22.6 Å². The normalized spacial score (nSPS) is 12.9. The number of carbonyl (C=O) groups is 2. The molecule has 0 fully saturated rings. The summed E-state index contributed by atoms with van der Waals surface area (Å²) in [6.07, 6.45) is 1.07. The number of nitrogens with one attached hydrogen (secondary N) is 1. The highest BCUT2D eigenvalue weighted by atomic mass is 35.5. The standard InChI is InChI=1S/C23H29ClN2O2/c1-5-17(3)25-23(28)18(4)26(15-20-8-6-7-16(2)13-20)22(27)14-19-9-11-21(24)12-10-19/h6-13,17-18H,5,14-15H2,1-4H3,(H,25,28)/t17-,18-/m0/s1. The molecule has 2 aromatic carbocycles. The lowest BCUT2D eigenvalue weighted by atomic mass is 10.1. The third-order valence-corrected chi connectivity index (χ3v) is 5.12. The maximum Gasteiger partial charge on any atom is 0.242 e. The molecular formula is C23H29ClN2O2. The van der Waals surface area contributed by atoms with Crippen LogP contribution in [0.25, 0.3) is 0 Å². The van der Waals surface area contributed by atoms with Gasteiger partial charge in [0, 0.05) is 17.6 Å². The summed E-state index contributed by atoms with van der Waals surface area (Å²) >= 11 is 5.94. The molecule has 0 saturated heterocycles. The largest absolute Gasteiger partial charge is 0.352 e. The lowest BCUT2D eigenvalue weighted by Crippen LogP contribution is -2.49. The predicted molar refractivity (Wildman–Crippen MR) is 114 cm³/mol. The number of hydrogen-bond donors (Lipinski definition) is 1. The van der Waals surface area contributed by atoms with Crippen molar-refractivity contribution in [3.05, 3.63) is 70.2 Å². The smallest absolute Gasteiger partial charge is 0.242 e. The minimum atomic E-state index is -0.561. The average molecular weight is 401 g/mol. The highest BCUT2D eigenvalue weighted by Gasteiger charge is 2.26. The van der Waals surface area contributed by atoms with Gasteiger partial charge in [-0.05, 0) is 50.5 Å². The van der Waals surface area contributed by atoms with Crippen LogP contribution < -0.4 is 5.32 Å². The molecule has 4 nitrogen and oxygen atoms in total. The number of amides is 2. The molecule has 0 spiro atoms. The lowest BCUT2D eigenvalue weighted by Gasteiger charge is -2.30. The van der Waals surface area contributed by atoms with Crippen molar-refractivity contribution in [3.63, 3.8) is 0 Å². The summed E-state index contributed by atoms with van der Waals surface area (Å²) in [5.41, 5.74) is 3.00. The van der Waals surface area contributed by atoms with Crippen LogP contribution in [-0.4, -0.2) is 28.8 Å². The van der Waals surface area contributed by atoms with E-state index in [9.17, 15) is 9.59 Å². The number of nitrogens with zero attached hydrogens (tertiary/aromatic N) is 1. The lowest BCUT2D eigenvalue weighted by molar-refractivity contribution is -0.140. The molecule has 2 amide bonds. The first-order chi connectivity index (χ1) is 13.3. The zero-order chi connectivity index (χ0) is 20.7. The van der Waals surface area contributed by atoms with E-state index in [1.54, 1.807) is 24.0 Å². The first-order valence-electron chi connectivity index (χ1n) is 9.70. The van der Waals surface area contributed by atoms with Gasteiger partial charge in [-0.15, -0.1) is 0 Å². The maximum atomic E-state index is 13.1. The highest BCUT2D eigenvalue weighted by molar-refractivity contribution is 6.30. The fourth-order valence-electron chi connectivity index (χ4n) is 2.93. The summed E-state index contributed by atoms with van der Waals surface area (Å²) < 4.78 is 0. The summed E-state index contributed by atoms with van der Waals surface area (Å²) in [6.45, 7) is 8.18. The van der Waals surface area contributed by atoms with Crippen molar-refractivity contribution >= 4 is 23.4 Å². The van der Waals surface area contributed by atoms with Gasteiger partial charge in [-0.2, -0.15) is 0 Å². The minimum absolute atomic E-state index is 0.0714. The number of benzene rings is 2. The Kier molecular flexibility index (Phi) is 8.06. The van der Waals surface area contributed by atoms with Crippen molar-refractivity contribution < 1.29 is 9.59 Å². The second-order valence-corrected chi connectivity index (χ2v) is 7.74. The number of carbonyl (C=O) groups excluding carboxylic acids is 2. The Morgan fingerprint density at radius 2 is 1.75 bits per heavy atom. The molecule has 0 aliphatic carbocycles. The Morgan fingerprint density at radius 1 is 1.07 bits per heavy atom. The summed E-state index contributed by atoms with van der Waals surface area (Å²) in [5, 5.41) is 3.62. The summed E-state index contributed by atoms with van der Waals surface area (Å²) in [5.74, 6) is -0.220. The van der Waals surface area contributed by atoms with E-state index in [2.05, 4.69) is 5.32 Å². The van der Waals surface area contributed by atoms with Gasteiger partial charge in [0.25, 0.3) is 0 Å².